The highest BCUT2D eigenvalue weighted by atomic mass is 32.2. The lowest BCUT2D eigenvalue weighted by molar-refractivity contribution is 0.483. The zero-order valence-corrected chi connectivity index (χ0v) is 22.6. The van der Waals surface area contributed by atoms with Gasteiger partial charge in [0.2, 0.25) is 0 Å². The van der Waals surface area contributed by atoms with Gasteiger partial charge in [-0.05, 0) is 72.5 Å². The first kappa shape index (κ1) is 26.4. The van der Waals surface area contributed by atoms with E-state index >= 15 is 0 Å². The molecule has 0 aliphatic carbocycles. The lowest BCUT2D eigenvalue weighted by Gasteiger charge is -2.26. The summed E-state index contributed by atoms with van der Waals surface area (Å²) in [7, 11) is -7.90. The number of aryl methyl sites for hydroxylation is 2. The summed E-state index contributed by atoms with van der Waals surface area (Å²) in [5.41, 5.74) is 2.61. The molecule has 0 heterocycles. The Hall–Kier alpha value is -3.62. The second-order valence-electron chi connectivity index (χ2n) is 9.28. The summed E-state index contributed by atoms with van der Waals surface area (Å²) in [5.74, 6) is 0.431. The van der Waals surface area contributed by atoms with Crippen LogP contribution >= 0.6 is 0 Å². The van der Waals surface area contributed by atoms with Crippen LogP contribution in [0.25, 0.3) is 0 Å². The molecule has 0 bridgehead atoms. The fourth-order valence-corrected chi connectivity index (χ4v) is 6.36. The highest BCUT2D eigenvalue weighted by molar-refractivity contribution is 7.87. The van der Waals surface area contributed by atoms with Gasteiger partial charge in [-0.15, -0.1) is 0 Å². The molecule has 0 atom stereocenters. The Morgan fingerprint density at radius 2 is 0.838 bits per heavy atom. The predicted octanol–water partition coefficient (Wildman–Crippen LogP) is 6.16. The van der Waals surface area contributed by atoms with Crippen molar-refractivity contribution in [3.8, 4) is 11.5 Å². The summed E-state index contributed by atoms with van der Waals surface area (Å²) in [6, 6.07) is 27.1. The van der Waals surface area contributed by atoms with Crippen molar-refractivity contribution >= 4 is 20.2 Å². The zero-order valence-electron chi connectivity index (χ0n) is 21.0. The number of benzene rings is 4. The molecule has 4 rings (SSSR count). The maximum absolute atomic E-state index is 12.7. The summed E-state index contributed by atoms with van der Waals surface area (Å²) in [4.78, 5) is 0.261. The summed E-state index contributed by atoms with van der Waals surface area (Å²) in [5, 5.41) is 0. The maximum atomic E-state index is 12.7. The molecule has 0 saturated carbocycles. The Balaban J connectivity index is 1.51. The second-order valence-corrected chi connectivity index (χ2v) is 12.3. The van der Waals surface area contributed by atoms with E-state index in [1.54, 1.807) is 74.5 Å². The molecule has 0 unspecified atom stereocenters. The molecule has 0 radical (unpaired) electrons. The van der Waals surface area contributed by atoms with Gasteiger partial charge in [0.1, 0.15) is 21.3 Å². The van der Waals surface area contributed by atoms with Crippen LogP contribution in [-0.4, -0.2) is 16.8 Å². The monoisotopic (exact) mass is 536 g/mol. The molecule has 0 aromatic heterocycles. The summed E-state index contributed by atoms with van der Waals surface area (Å²) in [6.07, 6.45) is 0. The molecule has 4 aromatic rings. The average Bonchev–Trinajstić information content (AvgIpc) is 2.84. The zero-order chi connectivity index (χ0) is 26.8. The first-order valence-electron chi connectivity index (χ1n) is 11.6. The molecule has 0 aliphatic rings. The van der Waals surface area contributed by atoms with Crippen LogP contribution in [0.1, 0.15) is 36.1 Å². The fourth-order valence-electron chi connectivity index (χ4n) is 4.04. The van der Waals surface area contributed by atoms with Crippen LogP contribution in [0.15, 0.2) is 107 Å². The minimum Gasteiger partial charge on any atom is -0.379 e. The molecule has 192 valence electrons. The van der Waals surface area contributed by atoms with Gasteiger partial charge in [-0.1, -0.05) is 74.5 Å². The smallest absolute Gasteiger partial charge is 0.339 e. The average molecular weight is 537 g/mol. The van der Waals surface area contributed by atoms with E-state index in [1.165, 1.54) is 12.1 Å². The van der Waals surface area contributed by atoms with Gasteiger partial charge in [-0.3, -0.25) is 0 Å². The van der Waals surface area contributed by atoms with Crippen LogP contribution < -0.4 is 8.37 Å². The Labute approximate surface area is 218 Å². The molecule has 0 spiro atoms. The first-order chi connectivity index (χ1) is 17.4. The van der Waals surface area contributed by atoms with E-state index in [-0.39, 0.29) is 21.3 Å². The fraction of sp³-hybridized carbons (Fsp3) is 0.172. The Morgan fingerprint density at radius 3 is 1.16 bits per heavy atom. The molecule has 37 heavy (non-hydrogen) atoms. The summed E-state index contributed by atoms with van der Waals surface area (Å²) >= 11 is 0. The van der Waals surface area contributed by atoms with E-state index in [9.17, 15) is 16.8 Å². The lowest BCUT2D eigenvalue weighted by atomic mass is 9.78. The summed E-state index contributed by atoms with van der Waals surface area (Å²) in [6.45, 7) is 7.48. The van der Waals surface area contributed by atoms with Crippen LogP contribution in [-0.2, 0) is 25.7 Å². The van der Waals surface area contributed by atoms with Crippen LogP contribution in [0, 0.1) is 13.8 Å². The minimum absolute atomic E-state index is 0.131. The molecule has 6 nitrogen and oxygen atoms in total. The van der Waals surface area contributed by atoms with E-state index < -0.39 is 25.7 Å². The van der Waals surface area contributed by atoms with Crippen LogP contribution in [0.2, 0.25) is 0 Å². The van der Waals surface area contributed by atoms with E-state index in [0.717, 1.165) is 11.1 Å². The van der Waals surface area contributed by atoms with Crippen molar-refractivity contribution in [3.63, 3.8) is 0 Å². The van der Waals surface area contributed by atoms with Gasteiger partial charge in [-0.2, -0.15) is 16.8 Å². The van der Waals surface area contributed by atoms with Crippen molar-refractivity contribution in [1.29, 1.82) is 0 Å². The van der Waals surface area contributed by atoms with Gasteiger partial charge in [0.05, 0.1) is 0 Å². The minimum atomic E-state index is -3.95. The van der Waals surface area contributed by atoms with E-state index in [1.807, 2.05) is 38.1 Å². The maximum Gasteiger partial charge on any atom is 0.339 e. The van der Waals surface area contributed by atoms with E-state index in [2.05, 4.69) is 0 Å². The van der Waals surface area contributed by atoms with E-state index in [4.69, 9.17) is 8.37 Å². The number of rotatable bonds is 8. The Bertz CT molecular complexity index is 1500. The van der Waals surface area contributed by atoms with Gasteiger partial charge in [0.15, 0.2) is 0 Å². The van der Waals surface area contributed by atoms with Crippen molar-refractivity contribution in [2.75, 3.05) is 0 Å². The van der Waals surface area contributed by atoms with E-state index in [0.29, 0.717) is 11.1 Å². The molecular weight excluding hydrogens is 508 g/mol. The third-order valence-corrected chi connectivity index (χ3v) is 9.11. The van der Waals surface area contributed by atoms with Gasteiger partial charge >= 0.3 is 20.2 Å². The summed E-state index contributed by atoms with van der Waals surface area (Å²) < 4.78 is 61.5. The Morgan fingerprint density at radius 1 is 0.514 bits per heavy atom. The third kappa shape index (κ3) is 5.70. The first-order valence-corrected chi connectivity index (χ1v) is 14.4. The van der Waals surface area contributed by atoms with Crippen LogP contribution in [0.5, 0.6) is 11.5 Å². The molecule has 4 aromatic carbocycles. The Kier molecular flexibility index (Phi) is 7.17. The van der Waals surface area contributed by atoms with Gasteiger partial charge < -0.3 is 8.37 Å². The van der Waals surface area contributed by atoms with Crippen LogP contribution in [0.3, 0.4) is 0 Å². The molecular formula is C29H28O6S2. The highest BCUT2D eigenvalue weighted by Gasteiger charge is 2.25. The van der Waals surface area contributed by atoms with Gasteiger partial charge in [0.25, 0.3) is 0 Å². The molecule has 0 saturated heterocycles. The SMILES string of the molecule is Cc1ccccc1S(=O)(=O)Oc1ccc(C(C)(C)c2ccc(OS(=O)(=O)c3ccccc3C)cc2)cc1. The van der Waals surface area contributed by atoms with Crippen molar-refractivity contribution < 1.29 is 25.2 Å². The normalized spacial score (nSPS) is 12.2. The molecule has 0 fully saturated rings. The third-order valence-electron chi connectivity index (χ3n) is 6.29. The standard InChI is InChI=1S/C29H28O6S2/c1-21-9-5-7-11-27(21)36(30,31)34-25-17-13-23(14-18-25)29(3,4)24-15-19-26(20-16-24)35-37(32,33)28-12-8-6-10-22(28)2/h5-20H,1-4H3. The molecule has 0 aliphatic heterocycles. The van der Waals surface area contributed by atoms with Gasteiger partial charge in [0, 0.05) is 5.41 Å². The number of hydrogen-bond donors (Lipinski definition) is 0. The van der Waals surface area contributed by atoms with Crippen molar-refractivity contribution in [2.24, 2.45) is 0 Å². The lowest BCUT2D eigenvalue weighted by Crippen LogP contribution is -2.19. The number of hydrogen-bond acceptors (Lipinski definition) is 6. The quantitative estimate of drug-likeness (QED) is 0.251. The van der Waals surface area contributed by atoms with Gasteiger partial charge in [-0.25, -0.2) is 0 Å². The predicted molar refractivity (Wildman–Crippen MR) is 143 cm³/mol. The molecule has 8 heteroatoms. The van der Waals surface area contributed by atoms with Crippen molar-refractivity contribution in [2.45, 2.75) is 42.9 Å². The van der Waals surface area contributed by atoms with Crippen molar-refractivity contribution in [1.82, 2.24) is 0 Å². The molecule has 0 N–H and O–H groups in total. The second kappa shape index (κ2) is 10.0. The topological polar surface area (TPSA) is 86.7 Å². The highest BCUT2D eigenvalue weighted by Crippen LogP contribution is 2.34. The van der Waals surface area contributed by atoms with Crippen molar-refractivity contribution in [3.05, 3.63) is 119 Å². The largest absolute Gasteiger partial charge is 0.379 e. The molecule has 0 amide bonds. The van der Waals surface area contributed by atoms with Crippen LogP contribution in [0.4, 0.5) is 0 Å².